The van der Waals surface area contributed by atoms with Gasteiger partial charge in [-0.3, -0.25) is 4.79 Å². The molecule has 0 radical (unpaired) electrons. The number of ether oxygens (including phenoxy) is 2. The predicted molar refractivity (Wildman–Crippen MR) is 88.6 cm³/mol. The summed E-state index contributed by atoms with van der Waals surface area (Å²) in [5.74, 6) is 0.887. The summed E-state index contributed by atoms with van der Waals surface area (Å²) >= 11 is 6.47. The fraction of sp³-hybridized carbons (Fsp3) is 0.611. The van der Waals surface area contributed by atoms with Gasteiger partial charge in [0.25, 0.3) is 0 Å². The van der Waals surface area contributed by atoms with Crippen molar-refractivity contribution in [1.29, 1.82) is 0 Å². The number of rotatable bonds is 7. The number of benzene rings is 1. The molecule has 3 rings (SSSR count). The molecule has 1 unspecified atom stereocenters. The van der Waals surface area contributed by atoms with Gasteiger partial charge in [-0.25, -0.2) is 0 Å². The minimum absolute atomic E-state index is 0.0468. The third-order valence-corrected chi connectivity index (χ3v) is 5.19. The highest BCUT2D eigenvalue weighted by atomic mass is 35.5. The highest BCUT2D eigenvalue weighted by Crippen LogP contribution is 2.48. The van der Waals surface area contributed by atoms with Crippen LogP contribution in [0.5, 0.6) is 11.5 Å². The molecular formula is C18H23ClO4. The van der Waals surface area contributed by atoms with Crippen LogP contribution in [0.15, 0.2) is 12.1 Å². The second kappa shape index (κ2) is 7.00. The molecule has 0 amide bonds. The summed E-state index contributed by atoms with van der Waals surface area (Å²) in [6.45, 7) is 0. The van der Waals surface area contributed by atoms with Gasteiger partial charge in [0, 0.05) is 11.1 Å². The summed E-state index contributed by atoms with van der Waals surface area (Å²) in [5.41, 5.74) is 0.868. The molecular weight excluding hydrogens is 316 g/mol. The molecule has 1 aromatic rings. The molecule has 0 aromatic heterocycles. The number of methoxy groups -OCH3 is 1. The lowest BCUT2D eigenvalue weighted by molar-refractivity contribution is -0.137. The number of aliphatic carboxylic acids is 1. The van der Waals surface area contributed by atoms with E-state index < -0.39 is 5.97 Å². The smallest absolute Gasteiger partial charge is 0.303 e. The molecule has 5 heteroatoms. The average Bonchev–Trinajstić information content (AvgIpc) is 3.23. The van der Waals surface area contributed by atoms with Crippen LogP contribution in [0.4, 0.5) is 0 Å². The van der Waals surface area contributed by atoms with Crippen molar-refractivity contribution in [2.24, 2.45) is 5.92 Å². The average molecular weight is 339 g/mol. The Labute approximate surface area is 141 Å². The van der Waals surface area contributed by atoms with E-state index in [2.05, 4.69) is 0 Å². The van der Waals surface area contributed by atoms with E-state index in [9.17, 15) is 9.90 Å². The van der Waals surface area contributed by atoms with Gasteiger partial charge < -0.3 is 14.6 Å². The Bertz CT molecular complexity index is 577. The van der Waals surface area contributed by atoms with E-state index in [-0.39, 0.29) is 18.4 Å². The van der Waals surface area contributed by atoms with Gasteiger partial charge in [0.2, 0.25) is 0 Å². The third-order valence-electron chi connectivity index (χ3n) is 4.86. The van der Waals surface area contributed by atoms with Gasteiger partial charge in [0.05, 0.1) is 19.6 Å². The number of hydrogen-bond donors (Lipinski definition) is 1. The third kappa shape index (κ3) is 3.92. The van der Waals surface area contributed by atoms with Crippen molar-refractivity contribution in [1.82, 2.24) is 0 Å². The lowest BCUT2D eigenvalue weighted by Gasteiger charge is -2.21. The maximum Gasteiger partial charge on any atom is 0.303 e. The first-order valence-corrected chi connectivity index (χ1v) is 8.72. The van der Waals surface area contributed by atoms with Crippen molar-refractivity contribution >= 4 is 17.6 Å². The minimum Gasteiger partial charge on any atom is -0.493 e. The lowest BCUT2D eigenvalue weighted by atomic mass is 9.90. The van der Waals surface area contributed by atoms with E-state index in [4.69, 9.17) is 21.1 Å². The first-order valence-electron chi connectivity index (χ1n) is 8.34. The first kappa shape index (κ1) is 16.4. The van der Waals surface area contributed by atoms with E-state index in [1.54, 1.807) is 13.2 Å². The monoisotopic (exact) mass is 338 g/mol. The van der Waals surface area contributed by atoms with Crippen LogP contribution in [-0.2, 0) is 4.79 Å². The Morgan fingerprint density at radius 3 is 2.52 bits per heavy atom. The molecule has 0 saturated heterocycles. The molecule has 2 fully saturated rings. The summed E-state index contributed by atoms with van der Waals surface area (Å²) in [6.07, 6.45) is 6.98. The number of halogens is 1. The van der Waals surface area contributed by atoms with Gasteiger partial charge in [-0.2, -0.15) is 0 Å². The maximum absolute atomic E-state index is 11.2. The summed E-state index contributed by atoms with van der Waals surface area (Å²) in [6, 6.07) is 3.67. The van der Waals surface area contributed by atoms with E-state index in [1.807, 2.05) is 6.07 Å². The second-order valence-corrected chi connectivity index (χ2v) is 7.00. The van der Waals surface area contributed by atoms with Gasteiger partial charge in [0.1, 0.15) is 0 Å². The van der Waals surface area contributed by atoms with E-state index in [0.29, 0.717) is 22.4 Å². The van der Waals surface area contributed by atoms with Gasteiger partial charge in [-0.05, 0) is 62.0 Å². The summed E-state index contributed by atoms with van der Waals surface area (Å²) in [5, 5.41) is 9.77. The van der Waals surface area contributed by atoms with Crippen molar-refractivity contribution in [2.75, 3.05) is 7.11 Å². The van der Waals surface area contributed by atoms with E-state index in [1.165, 1.54) is 12.8 Å². The normalized spacial score (nSPS) is 19.6. The molecule has 0 spiro atoms. The summed E-state index contributed by atoms with van der Waals surface area (Å²) in [4.78, 5) is 11.2. The minimum atomic E-state index is -0.789. The lowest BCUT2D eigenvalue weighted by Crippen LogP contribution is -2.13. The molecule has 0 aliphatic heterocycles. The standard InChI is InChI=1S/C18H23ClO4/c1-22-16-8-14(13(9-18(20)21)11-6-7-11)15(19)10-17(16)23-12-4-2-3-5-12/h8,10-13H,2-7,9H2,1H3,(H,20,21). The quantitative estimate of drug-likeness (QED) is 0.787. The summed E-state index contributed by atoms with van der Waals surface area (Å²) in [7, 11) is 1.61. The molecule has 0 heterocycles. The van der Waals surface area contributed by atoms with Crippen LogP contribution in [0.3, 0.4) is 0 Å². The molecule has 2 aliphatic carbocycles. The van der Waals surface area contributed by atoms with E-state index in [0.717, 1.165) is 31.2 Å². The topological polar surface area (TPSA) is 55.8 Å². The van der Waals surface area contributed by atoms with Crippen molar-refractivity contribution < 1.29 is 19.4 Å². The highest BCUT2D eigenvalue weighted by Gasteiger charge is 2.35. The van der Waals surface area contributed by atoms with Crippen LogP contribution in [0, 0.1) is 5.92 Å². The predicted octanol–water partition coefficient (Wildman–Crippen LogP) is 4.64. The van der Waals surface area contributed by atoms with Crippen LogP contribution in [-0.4, -0.2) is 24.3 Å². The Morgan fingerprint density at radius 1 is 1.26 bits per heavy atom. The first-order chi connectivity index (χ1) is 11.1. The molecule has 1 atom stereocenters. The molecule has 4 nitrogen and oxygen atoms in total. The van der Waals surface area contributed by atoms with Crippen LogP contribution in [0.1, 0.15) is 56.4 Å². The Morgan fingerprint density at radius 2 is 1.96 bits per heavy atom. The molecule has 1 N–H and O–H groups in total. The maximum atomic E-state index is 11.2. The number of carboxylic acid groups (broad SMARTS) is 1. The molecule has 1 aromatic carbocycles. The largest absolute Gasteiger partial charge is 0.493 e. The zero-order valence-corrected chi connectivity index (χ0v) is 14.1. The van der Waals surface area contributed by atoms with Crippen LogP contribution in [0.25, 0.3) is 0 Å². The Hall–Kier alpha value is -1.42. The van der Waals surface area contributed by atoms with Gasteiger partial charge in [0.15, 0.2) is 11.5 Å². The number of hydrogen-bond acceptors (Lipinski definition) is 3. The molecule has 2 aliphatic rings. The van der Waals surface area contributed by atoms with Crippen molar-refractivity contribution in [3.8, 4) is 11.5 Å². The highest BCUT2D eigenvalue weighted by molar-refractivity contribution is 6.31. The molecule has 23 heavy (non-hydrogen) atoms. The van der Waals surface area contributed by atoms with Crippen molar-refractivity contribution in [3.63, 3.8) is 0 Å². The zero-order chi connectivity index (χ0) is 16.4. The Kier molecular flexibility index (Phi) is 5.00. The molecule has 0 bridgehead atoms. The Balaban J connectivity index is 1.87. The van der Waals surface area contributed by atoms with Gasteiger partial charge in [-0.15, -0.1) is 0 Å². The molecule has 2 saturated carbocycles. The zero-order valence-electron chi connectivity index (χ0n) is 13.4. The van der Waals surface area contributed by atoms with Crippen LogP contribution in [0.2, 0.25) is 5.02 Å². The summed E-state index contributed by atoms with van der Waals surface area (Å²) < 4.78 is 11.5. The van der Waals surface area contributed by atoms with Crippen LogP contribution >= 0.6 is 11.6 Å². The van der Waals surface area contributed by atoms with Gasteiger partial charge >= 0.3 is 5.97 Å². The fourth-order valence-electron chi connectivity index (χ4n) is 3.49. The number of carboxylic acids is 1. The SMILES string of the molecule is COc1cc(C(CC(=O)O)C2CC2)c(Cl)cc1OC1CCCC1. The fourth-order valence-corrected chi connectivity index (χ4v) is 3.78. The van der Waals surface area contributed by atoms with Crippen LogP contribution < -0.4 is 9.47 Å². The van der Waals surface area contributed by atoms with Gasteiger partial charge in [-0.1, -0.05) is 11.6 Å². The number of carbonyl (C=O) groups is 1. The second-order valence-electron chi connectivity index (χ2n) is 6.59. The van der Waals surface area contributed by atoms with E-state index >= 15 is 0 Å². The van der Waals surface area contributed by atoms with Crippen molar-refractivity contribution in [3.05, 3.63) is 22.7 Å². The van der Waals surface area contributed by atoms with Crippen molar-refractivity contribution in [2.45, 2.75) is 57.0 Å². The molecule has 126 valence electrons.